The van der Waals surface area contributed by atoms with Crippen LogP contribution in [0.1, 0.15) is 32.1 Å². The molecule has 2 aliphatic rings. The lowest BCUT2D eigenvalue weighted by Gasteiger charge is -2.32. The smallest absolute Gasteiger partial charge is 0.376 e. The van der Waals surface area contributed by atoms with Crippen molar-refractivity contribution in [3.05, 3.63) is 29.8 Å². The van der Waals surface area contributed by atoms with Gasteiger partial charge >= 0.3 is 6.18 Å². The summed E-state index contributed by atoms with van der Waals surface area (Å²) in [5, 5.41) is 9.39. The van der Waals surface area contributed by atoms with Crippen molar-refractivity contribution in [2.45, 2.75) is 44.3 Å². The summed E-state index contributed by atoms with van der Waals surface area (Å²) in [6.07, 6.45) is 4.05. The molecule has 0 aromatic heterocycles. The Kier molecular flexibility index (Phi) is 4.00. The normalized spacial score (nSPS) is 21.8. The summed E-state index contributed by atoms with van der Waals surface area (Å²) in [5.74, 6) is 0. The highest BCUT2D eigenvalue weighted by Crippen LogP contribution is 2.34. The van der Waals surface area contributed by atoms with E-state index in [1.165, 1.54) is 6.42 Å². The number of allylic oxidation sites excluding steroid dienone is 3. The van der Waals surface area contributed by atoms with Gasteiger partial charge in [-0.1, -0.05) is 18.9 Å². The molecule has 0 atom stereocenters. The van der Waals surface area contributed by atoms with E-state index in [1.807, 2.05) is 0 Å². The number of alkyl halides is 3. The Morgan fingerprint density at radius 2 is 1.94 bits per heavy atom. The van der Waals surface area contributed by atoms with Crippen molar-refractivity contribution in [1.29, 1.82) is 0 Å². The summed E-state index contributed by atoms with van der Waals surface area (Å²) in [4.78, 5) is 1.69. The third kappa shape index (κ3) is 2.88. The van der Waals surface area contributed by atoms with E-state index in [4.69, 9.17) is 0 Å². The molecule has 2 rings (SSSR count). The van der Waals surface area contributed by atoms with Crippen LogP contribution >= 0.6 is 0 Å². The van der Waals surface area contributed by atoms with Crippen LogP contribution in [0.5, 0.6) is 0 Å². The second-order valence-corrected chi connectivity index (χ2v) is 4.72. The third-order valence-electron chi connectivity index (χ3n) is 3.54. The maximum atomic E-state index is 12.7. The van der Waals surface area contributed by atoms with Crippen molar-refractivity contribution in [1.82, 2.24) is 4.90 Å². The standard InChI is InChI=1S/C13H17F3NO/c14-13(15,16)10-4-3-7-12(8-10)17(9-18)11-5-1-2-6-11/h4,7-8,11,18H,1-3,5-6,9H2. The quantitative estimate of drug-likeness (QED) is 0.788. The Labute approximate surface area is 105 Å². The average Bonchev–Trinajstić information content (AvgIpc) is 2.83. The van der Waals surface area contributed by atoms with Crippen LogP contribution in [0, 0.1) is 6.42 Å². The molecule has 0 aromatic carbocycles. The summed E-state index contributed by atoms with van der Waals surface area (Å²) < 4.78 is 38.0. The molecule has 0 aliphatic heterocycles. The second-order valence-electron chi connectivity index (χ2n) is 4.72. The second kappa shape index (κ2) is 5.34. The molecular formula is C13H17F3NO. The van der Waals surface area contributed by atoms with Crippen LogP contribution in [-0.4, -0.2) is 29.0 Å². The summed E-state index contributed by atoms with van der Waals surface area (Å²) in [6.45, 7) is -0.224. The molecule has 2 nitrogen and oxygen atoms in total. The van der Waals surface area contributed by atoms with E-state index in [1.54, 1.807) is 11.0 Å². The number of nitrogens with zero attached hydrogens (tertiary/aromatic N) is 1. The molecule has 0 saturated heterocycles. The molecule has 0 unspecified atom stereocenters. The molecule has 1 saturated carbocycles. The highest BCUT2D eigenvalue weighted by Gasteiger charge is 2.35. The minimum Gasteiger partial charge on any atom is -0.376 e. The van der Waals surface area contributed by atoms with E-state index in [9.17, 15) is 18.3 Å². The zero-order valence-electron chi connectivity index (χ0n) is 10.1. The first kappa shape index (κ1) is 13.5. The molecule has 18 heavy (non-hydrogen) atoms. The van der Waals surface area contributed by atoms with E-state index in [-0.39, 0.29) is 19.2 Å². The maximum absolute atomic E-state index is 12.7. The van der Waals surface area contributed by atoms with Gasteiger partial charge in [0.2, 0.25) is 0 Å². The zero-order valence-corrected chi connectivity index (χ0v) is 10.1. The van der Waals surface area contributed by atoms with Crippen molar-refractivity contribution >= 4 is 0 Å². The molecule has 2 aliphatic carbocycles. The summed E-state index contributed by atoms with van der Waals surface area (Å²) >= 11 is 0. The minimum atomic E-state index is -4.31. The van der Waals surface area contributed by atoms with Gasteiger partial charge in [0.15, 0.2) is 0 Å². The van der Waals surface area contributed by atoms with Crippen molar-refractivity contribution in [2.24, 2.45) is 0 Å². The molecule has 101 valence electrons. The van der Waals surface area contributed by atoms with Crippen LogP contribution in [0.25, 0.3) is 0 Å². The molecule has 1 fully saturated rings. The topological polar surface area (TPSA) is 23.5 Å². The van der Waals surface area contributed by atoms with Crippen molar-refractivity contribution < 1.29 is 18.3 Å². The average molecular weight is 260 g/mol. The van der Waals surface area contributed by atoms with Crippen molar-refractivity contribution in [3.8, 4) is 0 Å². The predicted molar refractivity (Wildman–Crippen MR) is 62.3 cm³/mol. The van der Waals surface area contributed by atoms with Gasteiger partial charge in [0.1, 0.15) is 6.73 Å². The van der Waals surface area contributed by atoms with E-state index in [0.29, 0.717) is 5.70 Å². The van der Waals surface area contributed by atoms with E-state index in [0.717, 1.165) is 31.8 Å². The summed E-state index contributed by atoms with van der Waals surface area (Å²) in [5.41, 5.74) is -0.115. The predicted octanol–water partition coefficient (Wildman–Crippen LogP) is 3.16. The maximum Gasteiger partial charge on any atom is 0.413 e. The molecule has 5 heteroatoms. The minimum absolute atomic E-state index is 0.171. The van der Waals surface area contributed by atoms with Crippen molar-refractivity contribution in [2.75, 3.05) is 6.73 Å². The molecule has 0 aromatic rings. The monoisotopic (exact) mass is 260 g/mol. The number of rotatable bonds is 3. The molecule has 0 amide bonds. The summed E-state index contributed by atoms with van der Waals surface area (Å²) in [7, 11) is 0. The zero-order chi connectivity index (χ0) is 13.2. The van der Waals surface area contributed by atoms with Gasteiger partial charge in [-0.2, -0.15) is 13.2 Å². The lowest BCUT2D eigenvalue weighted by Crippen LogP contribution is -2.34. The number of halogens is 3. The first-order valence-corrected chi connectivity index (χ1v) is 6.22. The summed E-state index contributed by atoms with van der Waals surface area (Å²) in [6, 6.07) is 0.171. The van der Waals surface area contributed by atoms with Crippen LogP contribution in [0.15, 0.2) is 23.4 Å². The fourth-order valence-corrected chi connectivity index (χ4v) is 2.61. The van der Waals surface area contributed by atoms with E-state index < -0.39 is 11.7 Å². The van der Waals surface area contributed by atoms with Gasteiger partial charge in [-0.25, -0.2) is 0 Å². The first-order valence-electron chi connectivity index (χ1n) is 6.22. The Morgan fingerprint density at radius 1 is 1.28 bits per heavy atom. The first-order chi connectivity index (χ1) is 8.52. The number of aliphatic hydroxyl groups excluding tert-OH is 1. The van der Waals surface area contributed by atoms with Crippen LogP contribution in [0.3, 0.4) is 0 Å². The molecule has 0 heterocycles. The fourth-order valence-electron chi connectivity index (χ4n) is 2.61. The number of hydrogen-bond acceptors (Lipinski definition) is 2. The van der Waals surface area contributed by atoms with Crippen LogP contribution in [0.4, 0.5) is 13.2 Å². The van der Waals surface area contributed by atoms with Gasteiger partial charge in [0.05, 0.1) is 0 Å². The largest absolute Gasteiger partial charge is 0.413 e. The fraction of sp³-hybridized carbons (Fsp3) is 0.615. The van der Waals surface area contributed by atoms with Crippen LogP contribution in [-0.2, 0) is 0 Å². The number of aliphatic hydroxyl groups is 1. The van der Waals surface area contributed by atoms with Gasteiger partial charge in [0, 0.05) is 17.3 Å². The van der Waals surface area contributed by atoms with E-state index in [2.05, 4.69) is 0 Å². The molecule has 0 bridgehead atoms. The van der Waals surface area contributed by atoms with Gasteiger partial charge in [-0.05, 0) is 31.8 Å². The van der Waals surface area contributed by atoms with Crippen molar-refractivity contribution in [3.63, 3.8) is 0 Å². The number of hydrogen-bond donors (Lipinski definition) is 1. The SMILES string of the molecule is OCN(C1=CC[CH]C(C(F)(F)F)=C1)C1CCCC1. The Morgan fingerprint density at radius 3 is 2.50 bits per heavy atom. The molecular weight excluding hydrogens is 243 g/mol. The highest BCUT2D eigenvalue weighted by atomic mass is 19.4. The van der Waals surface area contributed by atoms with Gasteiger partial charge in [0.25, 0.3) is 0 Å². The molecule has 1 N–H and O–H groups in total. The van der Waals surface area contributed by atoms with Gasteiger partial charge in [-0.3, -0.25) is 0 Å². The van der Waals surface area contributed by atoms with Crippen LogP contribution < -0.4 is 0 Å². The highest BCUT2D eigenvalue weighted by molar-refractivity contribution is 5.35. The van der Waals surface area contributed by atoms with Crippen LogP contribution in [0.2, 0.25) is 0 Å². The molecule has 0 spiro atoms. The Balaban J connectivity index is 2.15. The Bertz CT molecular complexity index is 354. The van der Waals surface area contributed by atoms with Gasteiger partial charge < -0.3 is 10.0 Å². The van der Waals surface area contributed by atoms with E-state index >= 15 is 0 Å². The lowest BCUT2D eigenvalue weighted by molar-refractivity contribution is -0.0903. The molecule has 1 radical (unpaired) electrons. The van der Waals surface area contributed by atoms with Gasteiger partial charge in [-0.15, -0.1) is 0 Å². The Hall–Kier alpha value is -0.970. The lowest BCUT2D eigenvalue weighted by atomic mass is 10.0. The third-order valence-corrected chi connectivity index (χ3v) is 3.54.